The number of nitrogens with zero attached hydrogens (tertiary/aromatic N) is 1. The maximum atomic E-state index is 12.5. The number of aryl methyl sites for hydroxylation is 2. The number of methoxy groups -OCH3 is 1. The van der Waals surface area contributed by atoms with Crippen LogP contribution < -0.4 is 20.7 Å². The summed E-state index contributed by atoms with van der Waals surface area (Å²) in [6, 6.07) is 4.30. The van der Waals surface area contributed by atoms with Gasteiger partial charge in [0.25, 0.3) is 5.91 Å². The standard InChI is InChI=1S/C18H24N4O3S/c1-6-13(17-20-10(2)11(3)26-17)21-18(24)22-14-9-12(16(23)19-4)7-8-15(14)25-5/h7-9,13H,6H2,1-5H3,(H,19,23)(H2,21,22,24)/t13-/m1/s1. The Balaban J connectivity index is 2.16. The number of thiazole rings is 1. The van der Waals surface area contributed by atoms with Gasteiger partial charge in [-0.15, -0.1) is 11.3 Å². The molecule has 0 spiro atoms. The number of anilines is 1. The van der Waals surface area contributed by atoms with Gasteiger partial charge in [-0.1, -0.05) is 6.92 Å². The number of hydrogen-bond acceptors (Lipinski definition) is 5. The minimum Gasteiger partial charge on any atom is -0.495 e. The van der Waals surface area contributed by atoms with E-state index >= 15 is 0 Å². The van der Waals surface area contributed by atoms with Crippen molar-refractivity contribution in [3.05, 3.63) is 39.3 Å². The quantitative estimate of drug-likeness (QED) is 0.720. The van der Waals surface area contributed by atoms with Crippen molar-refractivity contribution in [3.63, 3.8) is 0 Å². The molecule has 0 radical (unpaired) electrons. The Morgan fingerprint density at radius 2 is 2.04 bits per heavy atom. The van der Waals surface area contributed by atoms with E-state index in [2.05, 4.69) is 20.9 Å². The molecule has 1 aromatic carbocycles. The van der Waals surface area contributed by atoms with Gasteiger partial charge in [0.05, 0.1) is 24.5 Å². The summed E-state index contributed by atoms with van der Waals surface area (Å²) in [5.74, 6) is 0.234. The molecule has 0 saturated carbocycles. The zero-order valence-electron chi connectivity index (χ0n) is 15.6. The van der Waals surface area contributed by atoms with E-state index in [4.69, 9.17) is 4.74 Å². The number of benzene rings is 1. The summed E-state index contributed by atoms with van der Waals surface area (Å²) in [6.07, 6.45) is 0.717. The highest BCUT2D eigenvalue weighted by Gasteiger charge is 2.18. The fourth-order valence-electron chi connectivity index (χ4n) is 2.39. The van der Waals surface area contributed by atoms with Crippen LogP contribution in [0.4, 0.5) is 10.5 Å². The molecule has 1 aromatic heterocycles. The molecule has 3 amide bonds. The van der Waals surface area contributed by atoms with Crippen LogP contribution in [0, 0.1) is 13.8 Å². The van der Waals surface area contributed by atoms with Gasteiger partial charge < -0.3 is 20.7 Å². The van der Waals surface area contributed by atoms with E-state index in [0.29, 0.717) is 17.0 Å². The van der Waals surface area contributed by atoms with E-state index in [0.717, 1.165) is 22.0 Å². The Morgan fingerprint density at radius 1 is 1.31 bits per heavy atom. The first-order chi connectivity index (χ1) is 12.4. The second-order valence-electron chi connectivity index (χ2n) is 5.75. The van der Waals surface area contributed by atoms with E-state index in [1.54, 1.807) is 36.6 Å². The molecule has 2 rings (SSSR count). The van der Waals surface area contributed by atoms with Crippen LogP contribution in [0.5, 0.6) is 5.75 Å². The van der Waals surface area contributed by atoms with Crippen LogP contribution in [0.25, 0.3) is 0 Å². The lowest BCUT2D eigenvalue weighted by Crippen LogP contribution is -2.32. The lowest BCUT2D eigenvalue weighted by Gasteiger charge is -2.17. The first-order valence-electron chi connectivity index (χ1n) is 8.31. The van der Waals surface area contributed by atoms with Crippen LogP contribution in [0.1, 0.15) is 45.3 Å². The predicted octanol–water partition coefficient (Wildman–Crippen LogP) is 3.40. The summed E-state index contributed by atoms with van der Waals surface area (Å²) in [7, 11) is 3.06. The molecule has 1 heterocycles. The maximum Gasteiger partial charge on any atom is 0.319 e. The summed E-state index contributed by atoms with van der Waals surface area (Å²) in [5, 5.41) is 9.12. The van der Waals surface area contributed by atoms with Crippen molar-refractivity contribution in [1.82, 2.24) is 15.6 Å². The smallest absolute Gasteiger partial charge is 0.319 e. The van der Waals surface area contributed by atoms with E-state index in [9.17, 15) is 9.59 Å². The lowest BCUT2D eigenvalue weighted by molar-refractivity contribution is 0.0963. The number of ether oxygens (including phenoxy) is 1. The third-order valence-electron chi connectivity index (χ3n) is 3.99. The van der Waals surface area contributed by atoms with Crippen molar-refractivity contribution >= 4 is 29.0 Å². The van der Waals surface area contributed by atoms with Crippen LogP contribution in [0.3, 0.4) is 0 Å². The molecular formula is C18H24N4O3S. The lowest BCUT2D eigenvalue weighted by atomic mass is 10.1. The average molecular weight is 376 g/mol. The van der Waals surface area contributed by atoms with E-state index in [1.165, 1.54) is 7.11 Å². The number of amides is 3. The third kappa shape index (κ3) is 4.51. The van der Waals surface area contributed by atoms with Crippen molar-refractivity contribution in [1.29, 1.82) is 0 Å². The number of urea groups is 1. The Kier molecular flexibility index (Phi) is 6.57. The molecule has 1 atom stereocenters. The number of carbonyl (C=O) groups is 2. The van der Waals surface area contributed by atoms with Crippen LogP contribution in [0.2, 0.25) is 0 Å². The second-order valence-corrected chi connectivity index (χ2v) is 6.98. The monoisotopic (exact) mass is 376 g/mol. The molecule has 0 unspecified atom stereocenters. The van der Waals surface area contributed by atoms with Crippen molar-refractivity contribution < 1.29 is 14.3 Å². The number of aromatic nitrogens is 1. The topological polar surface area (TPSA) is 92.4 Å². The van der Waals surface area contributed by atoms with Crippen LogP contribution in [0.15, 0.2) is 18.2 Å². The van der Waals surface area contributed by atoms with Gasteiger partial charge in [-0.05, 0) is 38.5 Å². The molecule has 140 valence electrons. The Labute approximate surface area is 157 Å². The van der Waals surface area contributed by atoms with Crippen molar-refractivity contribution in [3.8, 4) is 5.75 Å². The van der Waals surface area contributed by atoms with Crippen molar-refractivity contribution in [2.75, 3.05) is 19.5 Å². The molecule has 0 saturated heterocycles. The average Bonchev–Trinajstić information content (AvgIpc) is 2.97. The fraction of sp³-hybridized carbons (Fsp3) is 0.389. The van der Waals surface area contributed by atoms with E-state index in [-0.39, 0.29) is 18.0 Å². The first kappa shape index (κ1) is 19.7. The van der Waals surface area contributed by atoms with Crippen molar-refractivity contribution in [2.24, 2.45) is 0 Å². The van der Waals surface area contributed by atoms with Crippen molar-refractivity contribution in [2.45, 2.75) is 33.2 Å². The van der Waals surface area contributed by atoms with Gasteiger partial charge in [0.1, 0.15) is 10.8 Å². The molecule has 3 N–H and O–H groups in total. The molecule has 2 aromatic rings. The van der Waals surface area contributed by atoms with Gasteiger partial charge in [-0.3, -0.25) is 4.79 Å². The molecule has 26 heavy (non-hydrogen) atoms. The van der Waals surface area contributed by atoms with Gasteiger partial charge in [0.2, 0.25) is 0 Å². The van der Waals surface area contributed by atoms with Gasteiger partial charge in [-0.2, -0.15) is 0 Å². The van der Waals surface area contributed by atoms with E-state index < -0.39 is 0 Å². The summed E-state index contributed by atoms with van der Waals surface area (Å²) < 4.78 is 5.27. The Bertz CT molecular complexity index is 784. The maximum absolute atomic E-state index is 12.5. The van der Waals surface area contributed by atoms with E-state index in [1.807, 2.05) is 20.8 Å². The molecule has 0 aliphatic carbocycles. The highest BCUT2D eigenvalue weighted by Crippen LogP contribution is 2.27. The normalized spacial score (nSPS) is 11.6. The van der Waals surface area contributed by atoms with Crippen LogP contribution in [-0.4, -0.2) is 31.1 Å². The summed E-state index contributed by atoms with van der Waals surface area (Å²) >= 11 is 1.58. The van der Waals surface area contributed by atoms with Gasteiger partial charge in [0.15, 0.2) is 0 Å². The number of hydrogen-bond donors (Lipinski definition) is 3. The van der Waals surface area contributed by atoms with Crippen LogP contribution >= 0.6 is 11.3 Å². The van der Waals surface area contributed by atoms with Gasteiger partial charge >= 0.3 is 6.03 Å². The summed E-state index contributed by atoms with van der Waals surface area (Å²) in [4.78, 5) is 29.9. The minimum atomic E-state index is -0.380. The zero-order chi connectivity index (χ0) is 19.3. The third-order valence-corrected chi connectivity index (χ3v) is 5.18. The number of rotatable bonds is 6. The SMILES string of the molecule is CC[C@@H](NC(=O)Nc1cc(C(=O)NC)ccc1OC)c1nc(C)c(C)s1. The molecule has 7 nitrogen and oxygen atoms in total. The minimum absolute atomic E-state index is 0.180. The largest absolute Gasteiger partial charge is 0.495 e. The molecule has 0 aliphatic rings. The summed E-state index contributed by atoms with van der Waals surface area (Å²) in [6.45, 7) is 5.96. The van der Waals surface area contributed by atoms with Gasteiger partial charge in [0, 0.05) is 17.5 Å². The van der Waals surface area contributed by atoms with Crippen LogP contribution in [-0.2, 0) is 0 Å². The van der Waals surface area contributed by atoms with Gasteiger partial charge in [-0.25, -0.2) is 9.78 Å². The molecular weight excluding hydrogens is 352 g/mol. The summed E-state index contributed by atoms with van der Waals surface area (Å²) in [5.41, 5.74) is 1.83. The highest BCUT2D eigenvalue weighted by atomic mass is 32.1. The fourth-order valence-corrected chi connectivity index (χ4v) is 3.45. The molecule has 0 fully saturated rings. The number of carbonyl (C=O) groups excluding carboxylic acids is 2. The second kappa shape index (κ2) is 8.66. The zero-order valence-corrected chi connectivity index (χ0v) is 16.4. The molecule has 0 aliphatic heterocycles. The highest BCUT2D eigenvalue weighted by molar-refractivity contribution is 7.11. The first-order valence-corrected chi connectivity index (χ1v) is 9.12. The Hall–Kier alpha value is -2.61. The number of nitrogens with one attached hydrogen (secondary N) is 3. The molecule has 8 heteroatoms. The molecule has 0 bridgehead atoms. The predicted molar refractivity (Wildman–Crippen MR) is 103 cm³/mol. The Morgan fingerprint density at radius 3 is 2.58 bits per heavy atom.